The average molecular weight is 254 g/mol. The molecule has 6 nitrogen and oxygen atoms in total. The van der Waals surface area contributed by atoms with Gasteiger partial charge in [0.15, 0.2) is 0 Å². The molecule has 0 aliphatic carbocycles. The number of benzene rings is 1. The number of nitrogens with one attached hydrogen (secondary N) is 1. The standard InChI is InChI=1S/C12H18N2O4/c1-10-3-4-11(12(9-10)14(15)16)13-5-6-18-8-7-17-2/h3-4,9,13H,5-8H2,1-2H3. The molecular weight excluding hydrogens is 236 g/mol. The highest BCUT2D eigenvalue weighted by atomic mass is 16.6. The molecule has 0 aromatic heterocycles. The molecule has 0 aliphatic heterocycles. The number of nitrogens with zero attached hydrogens (tertiary/aromatic N) is 1. The van der Waals surface area contributed by atoms with Gasteiger partial charge < -0.3 is 14.8 Å². The highest BCUT2D eigenvalue weighted by Crippen LogP contribution is 2.24. The third-order valence-corrected chi connectivity index (χ3v) is 2.34. The van der Waals surface area contributed by atoms with Gasteiger partial charge in [0.1, 0.15) is 5.69 Å². The fourth-order valence-electron chi connectivity index (χ4n) is 1.44. The first kappa shape index (κ1) is 14.4. The lowest BCUT2D eigenvalue weighted by atomic mass is 10.2. The summed E-state index contributed by atoms with van der Waals surface area (Å²) in [6, 6.07) is 5.10. The molecule has 0 unspecified atom stereocenters. The summed E-state index contributed by atoms with van der Waals surface area (Å²) in [6.07, 6.45) is 0. The zero-order valence-electron chi connectivity index (χ0n) is 10.6. The summed E-state index contributed by atoms with van der Waals surface area (Å²) in [6.45, 7) is 3.89. The Hall–Kier alpha value is -1.66. The Morgan fingerprint density at radius 3 is 2.78 bits per heavy atom. The van der Waals surface area contributed by atoms with Gasteiger partial charge in [0, 0.05) is 19.7 Å². The number of methoxy groups -OCH3 is 1. The van der Waals surface area contributed by atoms with Crippen LogP contribution in [0.2, 0.25) is 0 Å². The summed E-state index contributed by atoms with van der Waals surface area (Å²) in [5.41, 5.74) is 1.47. The highest BCUT2D eigenvalue weighted by molar-refractivity contribution is 5.62. The van der Waals surface area contributed by atoms with E-state index in [1.54, 1.807) is 19.2 Å². The second kappa shape index (κ2) is 7.62. The number of anilines is 1. The maximum absolute atomic E-state index is 10.9. The van der Waals surface area contributed by atoms with Gasteiger partial charge in [-0.25, -0.2) is 0 Å². The van der Waals surface area contributed by atoms with Crippen molar-refractivity contribution >= 4 is 11.4 Å². The minimum absolute atomic E-state index is 0.0897. The van der Waals surface area contributed by atoms with E-state index in [-0.39, 0.29) is 10.6 Å². The molecule has 0 aliphatic rings. The number of aryl methyl sites for hydroxylation is 1. The van der Waals surface area contributed by atoms with Crippen molar-refractivity contribution in [3.63, 3.8) is 0 Å². The van der Waals surface area contributed by atoms with Crippen molar-refractivity contribution in [3.8, 4) is 0 Å². The first-order valence-electron chi connectivity index (χ1n) is 5.70. The molecule has 0 saturated carbocycles. The first-order chi connectivity index (χ1) is 8.65. The van der Waals surface area contributed by atoms with Gasteiger partial charge >= 0.3 is 0 Å². The zero-order valence-corrected chi connectivity index (χ0v) is 10.6. The second-order valence-corrected chi connectivity index (χ2v) is 3.81. The van der Waals surface area contributed by atoms with Crippen LogP contribution in [0.15, 0.2) is 18.2 Å². The predicted molar refractivity (Wildman–Crippen MR) is 69.0 cm³/mol. The number of nitro groups is 1. The topological polar surface area (TPSA) is 73.6 Å². The molecule has 1 aromatic carbocycles. The molecule has 0 amide bonds. The van der Waals surface area contributed by atoms with Crippen molar-refractivity contribution < 1.29 is 14.4 Å². The largest absolute Gasteiger partial charge is 0.382 e. The SMILES string of the molecule is COCCOCCNc1ccc(C)cc1[N+](=O)[O-]. The number of nitro benzene ring substituents is 1. The van der Waals surface area contributed by atoms with Crippen LogP contribution < -0.4 is 5.32 Å². The number of hydrogen-bond donors (Lipinski definition) is 1. The van der Waals surface area contributed by atoms with E-state index in [0.29, 0.717) is 32.1 Å². The highest BCUT2D eigenvalue weighted by Gasteiger charge is 2.12. The van der Waals surface area contributed by atoms with Crippen molar-refractivity contribution in [2.45, 2.75) is 6.92 Å². The Morgan fingerprint density at radius 1 is 1.33 bits per heavy atom. The van der Waals surface area contributed by atoms with E-state index in [4.69, 9.17) is 9.47 Å². The summed E-state index contributed by atoms with van der Waals surface area (Å²) in [7, 11) is 1.61. The average Bonchev–Trinajstić information content (AvgIpc) is 2.35. The van der Waals surface area contributed by atoms with E-state index in [0.717, 1.165) is 5.56 Å². The zero-order chi connectivity index (χ0) is 13.4. The minimum Gasteiger partial charge on any atom is -0.382 e. The Morgan fingerprint density at radius 2 is 2.11 bits per heavy atom. The van der Waals surface area contributed by atoms with Crippen LogP contribution in [0.1, 0.15) is 5.56 Å². The van der Waals surface area contributed by atoms with Gasteiger partial charge in [-0.05, 0) is 18.6 Å². The van der Waals surface area contributed by atoms with E-state index in [1.165, 1.54) is 0 Å². The van der Waals surface area contributed by atoms with Crippen LogP contribution in [0.5, 0.6) is 0 Å². The van der Waals surface area contributed by atoms with Crippen LogP contribution in [0, 0.1) is 17.0 Å². The van der Waals surface area contributed by atoms with Gasteiger partial charge in [0.05, 0.1) is 24.7 Å². The van der Waals surface area contributed by atoms with Crippen LogP contribution in [-0.4, -0.2) is 38.4 Å². The maximum Gasteiger partial charge on any atom is 0.292 e. The fraction of sp³-hybridized carbons (Fsp3) is 0.500. The molecule has 100 valence electrons. The van der Waals surface area contributed by atoms with Gasteiger partial charge in [0.2, 0.25) is 0 Å². The van der Waals surface area contributed by atoms with Crippen LogP contribution in [0.4, 0.5) is 11.4 Å². The molecule has 0 saturated heterocycles. The molecule has 0 radical (unpaired) electrons. The van der Waals surface area contributed by atoms with E-state index < -0.39 is 0 Å². The molecule has 1 N–H and O–H groups in total. The Labute approximate surface area is 106 Å². The quantitative estimate of drug-likeness (QED) is 0.436. The Bertz CT molecular complexity index is 396. The number of hydrogen-bond acceptors (Lipinski definition) is 5. The smallest absolute Gasteiger partial charge is 0.292 e. The van der Waals surface area contributed by atoms with Crippen molar-refractivity contribution in [1.29, 1.82) is 0 Å². The summed E-state index contributed by atoms with van der Waals surface area (Å²) in [5, 5.41) is 13.9. The molecular formula is C12H18N2O4. The molecule has 6 heteroatoms. The Kier molecular flexibility index (Phi) is 6.10. The van der Waals surface area contributed by atoms with E-state index in [1.807, 2.05) is 13.0 Å². The third kappa shape index (κ3) is 4.68. The summed E-state index contributed by atoms with van der Waals surface area (Å²) in [5.74, 6) is 0. The lowest BCUT2D eigenvalue weighted by Gasteiger charge is -2.08. The minimum atomic E-state index is -0.388. The predicted octanol–water partition coefficient (Wildman–Crippen LogP) is 1.98. The second-order valence-electron chi connectivity index (χ2n) is 3.81. The third-order valence-electron chi connectivity index (χ3n) is 2.34. The lowest BCUT2D eigenvalue weighted by Crippen LogP contribution is -2.12. The summed E-state index contributed by atoms with van der Waals surface area (Å²) >= 11 is 0. The van der Waals surface area contributed by atoms with Crippen molar-refractivity contribution in [2.75, 3.05) is 38.8 Å². The summed E-state index contributed by atoms with van der Waals surface area (Å²) in [4.78, 5) is 10.5. The molecule has 0 spiro atoms. The van der Waals surface area contributed by atoms with Crippen LogP contribution >= 0.6 is 0 Å². The van der Waals surface area contributed by atoms with Gasteiger partial charge in [-0.3, -0.25) is 10.1 Å². The van der Waals surface area contributed by atoms with Crippen molar-refractivity contribution in [2.24, 2.45) is 0 Å². The van der Waals surface area contributed by atoms with Crippen molar-refractivity contribution in [1.82, 2.24) is 0 Å². The van der Waals surface area contributed by atoms with E-state index in [2.05, 4.69) is 5.32 Å². The molecule has 0 heterocycles. The van der Waals surface area contributed by atoms with Gasteiger partial charge in [-0.1, -0.05) is 6.07 Å². The maximum atomic E-state index is 10.9. The van der Waals surface area contributed by atoms with Gasteiger partial charge in [0.25, 0.3) is 5.69 Å². The number of ether oxygens (including phenoxy) is 2. The van der Waals surface area contributed by atoms with Gasteiger partial charge in [-0.2, -0.15) is 0 Å². The van der Waals surface area contributed by atoms with Crippen molar-refractivity contribution in [3.05, 3.63) is 33.9 Å². The molecule has 0 atom stereocenters. The molecule has 1 aromatic rings. The molecule has 0 fully saturated rings. The number of rotatable bonds is 8. The Balaban J connectivity index is 2.44. The normalized spacial score (nSPS) is 10.3. The lowest BCUT2D eigenvalue weighted by molar-refractivity contribution is -0.384. The fourth-order valence-corrected chi connectivity index (χ4v) is 1.44. The van der Waals surface area contributed by atoms with Crippen LogP contribution in [-0.2, 0) is 9.47 Å². The first-order valence-corrected chi connectivity index (χ1v) is 5.70. The van der Waals surface area contributed by atoms with Crippen LogP contribution in [0.3, 0.4) is 0 Å². The molecule has 18 heavy (non-hydrogen) atoms. The molecule has 0 bridgehead atoms. The monoisotopic (exact) mass is 254 g/mol. The van der Waals surface area contributed by atoms with E-state index in [9.17, 15) is 10.1 Å². The van der Waals surface area contributed by atoms with Crippen LogP contribution in [0.25, 0.3) is 0 Å². The molecule has 1 rings (SSSR count). The summed E-state index contributed by atoms with van der Waals surface area (Å²) < 4.78 is 10.1. The van der Waals surface area contributed by atoms with Gasteiger partial charge in [-0.15, -0.1) is 0 Å². The van der Waals surface area contributed by atoms with E-state index >= 15 is 0 Å².